The van der Waals surface area contributed by atoms with Gasteiger partial charge in [0.05, 0.1) is 6.04 Å². The zero-order chi connectivity index (χ0) is 13.4. The Hall–Kier alpha value is -0.770. The molecule has 0 amide bonds. The van der Waals surface area contributed by atoms with Gasteiger partial charge in [-0.15, -0.1) is 0 Å². The first-order chi connectivity index (χ1) is 8.01. The molecular weight excluding hydrogens is 214 g/mol. The largest absolute Gasteiger partial charge is 0.409 e. The van der Waals surface area contributed by atoms with Gasteiger partial charge in [0.1, 0.15) is 0 Å². The molecule has 3 N–H and O–H groups in total. The van der Waals surface area contributed by atoms with E-state index in [1.165, 1.54) is 0 Å². The molecule has 0 radical (unpaired) electrons. The fourth-order valence-corrected chi connectivity index (χ4v) is 2.39. The van der Waals surface area contributed by atoms with E-state index in [0.717, 1.165) is 25.8 Å². The van der Waals surface area contributed by atoms with Gasteiger partial charge in [-0.2, -0.15) is 0 Å². The fourth-order valence-electron chi connectivity index (χ4n) is 2.39. The molecule has 0 rings (SSSR count). The van der Waals surface area contributed by atoms with Crippen LogP contribution in [0, 0.1) is 5.92 Å². The van der Waals surface area contributed by atoms with Crippen molar-refractivity contribution >= 4 is 5.84 Å². The highest BCUT2D eigenvalue weighted by Gasteiger charge is 2.26. The quantitative estimate of drug-likeness (QED) is 0.298. The summed E-state index contributed by atoms with van der Waals surface area (Å²) in [6, 6.07) is 0.551. The topological polar surface area (TPSA) is 61.8 Å². The Bertz CT molecular complexity index is 225. The zero-order valence-electron chi connectivity index (χ0n) is 12.0. The van der Waals surface area contributed by atoms with Crippen LogP contribution in [0.2, 0.25) is 0 Å². The number of hydrogen-bond acceptors (Lipinski definition) is 3. The molecule has 4 heteroatoms. The van der Waals surface area contributed by atoms with E-state index in [-0.39, 0.29) is 6.04 Å². The lowest BCUT2D eigenvalue weighted by Crippen LogP contribution is -2.50. The summed E-state index contributed by atoms with van der Waals surface area (Å²) in [7, 11) is 0. The Labute approximate surface area is 106 Å². The Morgan fingerprint density at radius 2 is 1.71 bits per heavy atom. The molecule has 0 heterocycles. The van der Waals surface area contributed by atoms with Gasteiger partial charge in [-0.05, 0) is 25.2 Å². The second-order valence-electron chi connectivity index (χ2n) is 5.01. The third-order valence-corrected chi connectivity index (χ3v) is 3.23. The molecular formula is C13H29N3O. The molecule has 0 aliphatic rings. The molecule has 0 aliphatic heterocycles. The van der Waals surface area contributed by atoms with E-state index in [1.54, 1.807) is 0 Å². The van der Waals surface area contributed by atoms with E-state index in [4.69, 9.17) is 10.9 Å². The van der Waals surface area contributed by atoms with Gasteiger partial charge in [0.2, 0.25) is 0 Å². The number of amidine groups is 1. The van der Waals surface area contributed by atoms with E-state index in [2.05, 4.69) is 44.7 Å². The average molecular weight is 243 g/mol. The van der Waals surface area contributed by atoms with Crippen molar-refractivity contribution in [3.63, 3.8) is 0 Å². The summed E-state index contributed by atoms with van der Waals surface area (Å²) in [5.74, 6) is 0.913. The summed E-state index contributed by atoms with van der Waals surface area (Å²) in [5, 5.41) is 12.1. The highest BCUT2D eigenvalue weighted by molar-refractivity contribution is 5.85. The lowest BCUT2D eigenvalue weighted by Gasteiger charge is -2.37. The summed E-state index contributed by atoms with van der Waals surface area (Å²) in [6.07, 6.45) is 3.07. The summed E-state index contributed by atoms with van der Waals surface area (Å²) in [5.41, 5.74) is 5.81. The molecule has 0 bridgehead atoms. The van der Waals surface area contributed by atoms with Crippen molar-refractivity contribution in [1.29, 1.82) is 0 Å². The second kappa shape index (κ2) is 8.34. The number of hydrogen-bond donors (Lipinski definition) is 2. The van der Waals surface area contributed by atoms with Crippen LogP contribution in [0.1, 0.15) is 53.9 Å². The predicted molar refractivity (Wildman–Crippen MR) is 73.4 cm³/mol. The minimum Gasteiger partial charge on any atom is -0.409 e. The maximum Gasteiger partial charge on any atom is 0.156 e. The average Bonchev–Trinajstić information content (AvgIpc) is 2.30. The number of nitrogens with two attached hydrogens (primary N) is 1. The molecule has 0 aromatic rings. The van der Waals surface area contributed by atoms with Crippen molar-refractivity contribution in [3.8, 4) is 0 Å². The third kappa shape index (κ3) is 4.94. The van der Waals surface area contributed by atoms with Crippen molar-refractivity contribution in [2.45, 2.75) is 66.0 Å². The van der Waals surface area contributed by atoms with Crippen LogP contribution in [-0.2, 0) is 0 Å². The van der Waals surface area contributed by atoms with Gasteiger partial charge in [0.15, 0.2) is 5.84 Å². The molecule has 102 valence electrons. The van der Waals surface area contributed by atoms with Gasteiger partial charge in [-0.25, -0.2) is 0 Å². The molecule has 0 aromatic carbocycles. The van der Waals surface area contributed by atoms with Gasteiger partial charge in [-0.3, -0.25) is 4.90 Å². The molecule has 0 fully saturated rings. The molecule has 1 atom stereocenters. The molecule has 0 aliphatic carbocycles. The Kier molecular flexibility index (Phi) is 7.96. The SMILES string of the molecule is CCC(CC)N(CC(C)C)C(CC)C(N)=NO. The standard InChI is InChI=1S/C13H29N3O/c1-6-11(7-2)16(9-10(4)5)12(8-3)13(14)15-17/h10-12,17H,6-9H2,1-5H3,(H2,14,15). The summed E-state index contributed by atoms with van der Waals surface area (Å²) in [6.45, 7) is 11.9. The molecule has 0 saturated heterocycles. The van der Waals surface area contributed by atoms with Gasteiger partial charge in [0.25, 0.3) is 0 Å². The van der Waals surface area contributed by atoms with E-state index in [1.807, 2.05) is 0 Å². The monoisotopic (exact) mass is 243 g/mol. The number of rotatable bonds is 8. The van der Waals surface area contributed by atoms with Crippen LogP contribution in [0.3, 0.4) is 0 Å². The maximum atomic E-state index is 8.88. The summed E-state index contributed by atoms with van der Waals surface area (Å²) in [4.78, 5) is 2.39. The zero-order valence-corrected chi connectivity index (χ0v) is 12.0. The van der Waals surface area contributed by atoms with Gasteiger partial charge < -0.3 is 10.9 Å². The first-order valence-electron chi connectivity index (χ1n) is 6.74. The lowest BCUT2D eigenvalue weighted by molar-refractivity contribution is 0.136. The van der Waals surface area contributed by atoms with Crippen molar-refractivity contribution in [2.24, 2.45) is 16.8 Å². The van der Waals surface area contributed by atoms with Crippen molar-refractivity contribution in [3.05, 3.63) is 0 Å². The van der Waals surface area contributed by atoms with Crippen molar-refractivity contribution < 1.29 is 5.21 Å². The summed E-state index contributed by atoms with van der Waals surface area (Å²) >= 11 is 0. The highest BCUT2D eigenvalue weighted by atomic mass is 16.4. The lowest BCUT2D eigenvalue weighted by atomic mass is 10.0. The van der Waals surface area contributed by atoms with Gasteiger partial charge in [0, 0.05) is 12.6 Å². The van der Waals surface area contributed by atoms with Gasteiger partial charge in [-0.1, -0.05) is 39.8 Å². The van der Waals surface area contributed by atoms with E-state index in [9.17, 15) is 0 Å². The maximum absolute atomic E-state index is 8.88. The van der Waals surface area contributed by atoms with Crippen LogP contribution >= 0.6 is 0 Å². The Balaban J connectivity index is 4.97. The number of oxime groups is 1. The smallest absolute Gasteiger partial charge is 0.156 e. The first-order valence-corrected chi connectivity index (χ1v) is 6.74. The predicted octanol–water partition coefficient (Wildman–Crippen LogP) is 2.66. The van der Waals surface area contributed by atoms with Crippen LogP contribution in [0.15, 0.2) is 5.16 Å². The van der Waals surface area contributed by atoms with Crippen LogP contribution in [0.4, 0.5) is 0 Å². The number of nitrogens with zero attached hydrogens (tertiary/aromatic N) is 2. The van der Waals surface area contributed by atoms with E-state index < -0.39 is 0 Å². The third-order valence-electron chi connectivity index (χ3n) is 3.23. The van der Waals surface area contributed by atoms with Crippen LogP contribution in [0.25, 0.3) is 0 Å². The first kappa shape index (κ1) is 16.2. The molecule has 0 spiro atoms. The second-order valence-corrected chi connectivity index (χ2v) is 5.01. The molecule has 4 nitrogen and oxygen atoms in total. The minimum atomic E-state index is 0.0484. The van der Waals surface area contributed by atoms with Crippen molar-refractivity contribution in [2.75, 3.05) is 6.54 Å². The van der Waals surface area contributed by atoms with Crippen LogP contribution < -0.4 is 5.73 Å². The van der Waals surface area contributed by atoms with Crippen molar-refractivity contribution in [1.82, 2.24) is 4.90 Å². The highest BCUT2D eigenvalue weighted by Crippen LogP contribution is 2.17. The van der Waals surface area contributed by atoms with E-state index in [0.29, 0.717) is 17.8 Å². The van der Waals surface area contributed by atoms with Crippen LogP contribution in [0.5, 0.6) is 0 Å². The minimum absolute atomic E-state index is 0.0484. The van der Waals surface area contributed by atoms with Crippen LogP contribution in [-0.4, -0.2) is 34.6 Å². The molecule has 17 heavy (non-hydrogen) atoms. The normalized spacial score (nSPS) is 14.9. The molecule has 0 saturated carbocycles. The molecule has 1 unspecified atom stereocenters. The summed E-state index contributed by atoms with van der Waals surface area (Å²) < 4.78 is 0. The van der Waals surface area contributed by atoms with E-state index >= 15 is 0 Å². The molecule has 0 aromatic heterocycles. The fraction of sp³-hybridized carbons (Fsp3) is 0.923. The Morgan fingerprint density at radius 1 is 1.18 bits per heavy atom. The Morgan fingerprint density at radius 3 is 2.00 bits per heavy atom. The van der Waals surface area contributed by atoms with Gasteiger partial charge >= 0.3 is 0 Å².